The van der Waals surface area contributed by atoms with Crippen LogP contribution in [0.15, 0.2) is 18.2 Å². The lowest BCUT2D eigenvalue weighted by molar-refractivity contribution is -0.144. The highest BCUT2D eigenvalue weighted by Crippen LogP contribution is 2.31. The van der Waals surface area contributed by atoms with E-state index in [0.717, 1.165) is 12.8 Å². The third-order valence-corrected chi connectivity index (χ3v) is 3.29. The summed E-state index contributed by atoms with van der Waals surface area (Å²) in [5.74, 6) is -0.486. The Morgan fingerprint density at radius 1 is 1.38 bits per heavy atom. The van der Waals surface area contributed by atoms with Crippen LogP contribution < -0.4 is 4.74 Å². The fraction of sp³-hybridized carbons (Fsp3) is 0.467. The predicted molar refractivity (Wildman–Crippen MR) is 75.4 cm³/mol. The second-order valence-corrected chi connectivity index (χ2v) is 4.85. The molecule has 0 unspecified atom stereocenters. The maximum atomic E-state index is 12.6. The lowest BCUT2D eigenvalue weighted by Crippen LogP contribution is -2.38. The minimum Gasteiger partial charge on any atom is -0.507 e. The van der Waals surface area contributed by atoms with Gasteiger partial charge in [0.15, 0.2) is 0 Å². The number of hydrogen-bond acceptors (Lipinski definition) is 5. The van der Waals surface area contributed by atoms with Crippen LogP contribution in [0, 0.1) is 0 Å². The molecule has 1 amide bonds. The Hall–Kier alpha value is -2.24. The molecule has 1 fully saturated rings. The molecule has 0 saturated heterocycles. The van der Waals surface area contributed by atoms with Crippen LogP contribution in [0.25, 0.3) is 0 Å². The van der Waals surface area contributed by atoms with Crippen molar-refractivity contribution in [3.05, 3.63) is 23.8 Å². The zero-order chi connectivity index (χ0) is 15.4. The van der Waals surface area contributed by atoms with Crippen molar-refractivity contribution in [3.63, 3.8) is 0 Å². The molecular formula is C15H19NO5. The summed E-state index contributed by atoms with van der Waals surface area (Å²) in [6.45, 7) is 1.89. The highest BCUT2D eigenvalue weighted by atomic mass is 16.5. The van der Waals surface area contributed by atoms with Gasteiger partial charge in [0.2, 0.25) is 0 Å². The summed E-state index contributed by atoms with van der Waals surface area (Å²) in [6, 6.07) is 4.48. The van der Waals surface area contributed by atoms with Crippen LogP contribution in [-0.2, 0) is 9.53 Å². The topological polar surface area (TPSA) is 76.1 Å². The summed E-state index contributed by atoms with van der Waals surface area (Å²) in [4.78, 5) is 25.6. The third-order valence-electron chi connectivity index (χ3n) is 3.29. The number of carbonyl (C=O) groups excluding carboxylic acids is 2. The summed E-state index contributed by atoms with van der Waals surface area (Å²) in [5, 5.41) is 9.87. The molecule has 0 aromatic heterocycles. The molecule has 0 aliphatic heterocycles. The Morgan fingerprint density at radius 3 is 2.67 bits per heavy atom. The van der Waals surface area contributed by atoms with Gasteiger partial charge in [-0.25, -0.2) is 0 Å². The number of esters is 1. The maximum Gasteiger partial charge on any atom is 0.325 e. The first-order valence-corrected chi connectivity index (χ1v) is 6.90. The van der Waals surface area contributed by atoms with Crippen LogP contribution in [-0.4, -0.2) is 48.2 Å². The molecule has 6 nitrogen and oxygen atoms in total. The standard InChI is InChI=1S/C15H19NO5/c1-3-21-14(18)9-16(10-4-5-10)15(19)12-8-11(20-2)6-7-13(12)17/h6-8,10,17H,3-5,9H2,1-2H3. The van der Waals surface area contributed by atoms with Gasteiger partial charge in [-0.15, -0.1) is 0 Å². The molecule has 0 atom stereocenters. The highest BCUT2D eigenvalue weighted by Gasteiger charge is 2.35. The Kier molecular flexibility index (Phi) is 4.67. The molecule has 1 N–H and O–H groups in total. The van der Waals surface area contributed by atoms with Crippen LogP contribution in [0.2, 0.25) is 0 Å². The number of phenolic OH excluding ortho intramolecular Hbond substituents is 1. The number of methoxy groups -OCH3 is 1. The molecule has 2 rings (SSSR count). The van der Waals surface area contributed by atoms with Crippen LogP contribution in [0.5, 0.6) is 11.5 Å². The molecule has 0 bridgehead atoms. The average molecular weight is 293 g/mol. The number of ether oxygens (including phenoxy) is 2. The van der Waals surface area contributed by atoms with Crippen LogP contribution in [0.1, 0.15) is 30.1 Å². The van der Waals surface area contributed by atoms with E-state index < -0.39 is 5.97 Å². The molecule has 1 aliphatic rings. The van der Waals surface area contributed by atoms with Gasteiger partial charge in [0.05, 0.1) is 19.3 Å². The summed E-state index contributed by atoms with van der Waals surface area (Å²) in [7, 11) is 1.48. The predicted octanol–water partition coefficient (Wildman–Crippen LogP) is 1.57. The fourth-order valence-electron chi connectivity index (χ4n) is 2.07. The van der Waals surface area contributed by atoms with Gasteiger partial charge in [0, 0.05) is 6.04 Å². The summed E-state index contributed by atoms with van der Waals surface area (Å²) in [6.07, 6.45) is 1.71. The second-order valence-electron chi connectivity index (χ2n) is 4.85. The van der Waals surface area contributed by atoms with Gasteiger partial charge in [-0.05, 0) is 38.0 Å². The Labute approximate surface area is 123 Å². The molecule has 1 saturated carbocycles. The molecule has 1 aromatic rings. The maximum absolute atomic E-state index is 12.6. The number of carbonyl (C=O) groups is 2. The van der Waals surface area contributed by atoms with E-state index in [1.165, 1.54) is 24.1 Å². The first-order valence-electron chi connectivity index (χ1n) is 6.90. The van der Waals surface area contributed by atoms with E-state index >= 15 is 0 Å². The number of rotatable bonds is 6. The van der Waals surface area contributed by atoms with E-state index in [2.05, 4.69) is 0 Å². The second kappa shape index (κ2) is 6.47. The lowest BCUT2D eigenvalue weighted by Gasteiger charge is -2.22. The van der Waals surface area contributed by atoms with Gasteiger partial charge in [0.25, 0.3) is 5.91 Å². The van der Waals surface area contributed by atoms with E-state index in [9.17, 15) is 14.7 Å². The molecule has 1 aromatic carbocycles. The first kappa shape index (κ1) is 15.2. The van der Waals surface area contributed by atoms with Crippen molar-refractivity contribution in [2.24, 2.45) is 0 Å². The average Bonchev–Trinajstić information content (AvgIpc) is 3.29. The van der Waals surface area contributed by atoms with Crippen LogP contribution in [0.4, 0.5) is 0 Å². The number of benzene rings is 1. The van der Waals surface area contributed by atoms with Gasteiger partial charge in [-0.3, -0.25) is 9.59 Å². The molecule has 1 aliphatic carbocycles. The van der Waals surface area contributed by atoms with Gasteiger partial charge in [-0.2, -0.15) is 0 Å². The van der Waals surface area contributed by atoms with Gasteiger partial charge >= 0.3 is 5.97 Å². The SMILES string of the molecule is CCOC(=O)CN(C(=O)c1cc(OC)ccc1O)C1CC1. The van der Waals surface area contributed by atoms with E-state index in [-0.39, 0.29) is 36.4 Å². The van der Waals surface area contributed by atoms with Crippen molar-refractivity contribution in [3.8, 4) is 11.5 Å². The number of aromatic hydroxyl groups is 1. The molecule has 6 heteroatoms. The summed E-state index contributed by atoms with van der Waals surface area (Å²) < 4.78 is 9.95. The molecule has 0 spiro atoms. The minimum absolute atomic E-state index is 0.0347. The van der Waals surface area contributed by atoms with Crippen molar-refractivity contribution in [1.82, 2.24) is 4.90 Å². The number of nitrogens with zero attached hydrogens (tertiary/aromatic N) is 1. The largest absolute Gasteiger partial charge is 0.507 e. The Morgan fingerprint density at radius 2 is 2.10 bits per heavy atom. The molecular weight excluding hydrogens is 274 g/mol. The van der Waals surface area contributed by atoms with E-state index in [4.69, 9.17) is 9.47 Å². The lowest BCUT2D eigenvalue weighted by atomic mass is 10.1. The zero-order valence-electron chi connectivity index (χ0n) is 12.2. The van der Waals surface area contributed by atoms with Gasteiger partial charge < -0.3 is 19.5 Å². The summed E-state index contributed by atoms with van der Waals surface area (Å²) >= 11 is 0. The number of hydrogen-bond donors (Lipinski definition) is 1. The smallest absolute Gasteiger partial charge is 0.325 e. The van der Waals surface area contributed by atoms with Gasteiger partial charge in [-0.1, -0.05) is 0 Å². The van der Waals surface area contributed by atoms with E-state index in [1.54, 1.807) is 13.0 Å². The van der Waals surface area contributed by atoms with E-state index in [1.807, 2.05) is 0 Å². The molecule has 21 heavy (non-hydrogen) atoms. The Bertz CT molecular complexity index is 539. The minimum atomic E-state index is -0.444. The van der Waals surface area contributed by atoms with Crippen molar-refractivity contribution in [1.29, 1.82) is 0 Å². The van der Waals surface area contributed by atoms with Crippen molar-refractivity contribution >= 4 is 11.9 Å². The summed E-state index contributed by atoms with van der Waals surface area (Å²) in [5.41, 5.74) is 0.130. The first-order chi connectivity index (χ1) is 10.1. The number of phenols is 1. The van der Waals surface area contributed by atoms with E-state index in [0.29, 0.717) is 5.75 Å². The van der Waals surface area contributed by atoms with Crippen molar-refractivity contribution in [2.45, 2.75) is 25.8 Å². The Balaban J connectivity index is 2.20. The van der Waals surface area contributed by atoms with Crippen LogP contribution >= 0.6 is 0 Å². The zero-order valence-corrected chi connectivity index (χ0v) is 12.2. The monoisotopic (exact) mass is 293 g/mol. The third kappa shape index (κ3) is 3.65. The van der Waals surface area contributed by atoms with Crippen LogP contribution in [0.3, 0.4) is 0 Å². The fourth-order valence-corrected chi connectivity index (χ4v) is 2.07. The van der Waals surface area contributed by atoms with Crippen molar-refractivity contribution < 1.29 is 24.2 Å². The highest BCUT2D eigenvalue weighted by molar-refractivity contribution is 5.99. The molecule has 0 heterocycles. The molecule has 114 valence electrons. The normalized spacial score (nSPS) is 13.6. The quantitative estimate of drug-likeness (QED) is 0.806. The molecule has 0 radical (unpaired) electrons. The van der Waals surface area contributed by atoms with Gasteiger partial charge in [0.1, 0.15) is 18.0 Å². The van der Waals surface area contributed by atoms with Crippen molar-refractivity contribution in [2.75, 3.05) is 20.3 Å². The number of amides is 1.